The van der Waals surface area contributed by atoms with Gasteiger partial charge in [0.2, 0.25) is 5.91 Å². The van der Waals surface area contributed by atoms with Gasteiger partial charge in [-0.05, 0) is 49.1 Å². The van der Waals surface area contributed by atoms with Crippen LogP contribution in [0.5, 0.6) is 0 Å². The summed E-state index contributed by atoms with van der Waals surface area (Å²) in [5, 5.41) is 9.86. The Morgan fingerprint density at radius 1 is 1.32 bits per heavy atom. The fourth-order valence-electron chi connectivity index (χ4n) is 3.56. The van der Waals surface area contributed by atoms with Crippen LogP contribution in [0.25, 0.3) is 17.0 Å². The standard InChI is InChI=1S/C17H16N2O3/c20-16-11-2-3-13(8-11)19(16)6-5-10-1-4-14-12(7-10)9-15(18-14)17(21)22/h1,4-7,9,11,13,18H,2-3,8H2,(H,21,22)/b6-5+/t11-,13+/m1/s1. The number of aromatic carboxylic acids is 1. The number of carbonyl (C=O) groups excluding carboxylic acids is 1. The summed E-state index contributed by atoms with van der Waals surface area (Å²) in [5.41, 5.74) is 1.94. The summed E-state index contributed by atoms with van der Waals surface area (Å²) in [6, 6.07) is 7.69. The van der Waals surface area contributed by atoms with E-state index in [1.807, 2.05) is 35.4 Å². The van der Waals surface area contributed by atoms with E-state index in [1.54, 1.807) is 6.07 Å². The van der Waals surface area contributed by atoms with Gasteiger partial charge in [0.05, 0.1) is 0 Å². The van der Waals surface area contributed by atoms with Gasteiger partial charge in [0.25, 0.3) is 0 Å². The predicted octanol–water partition coefficient (Wildman–Crippen LogP) is 2.85. The SMILES string of the molecule is O=C(O)c1cc2cc(/C=C/N3C(=O)[C@@H]4CC[C@H]3C4)ccc2[nH]1. The molecule has 22 heavy (non-hydrogen) atoms. The predicted molar refractivity (Wildman–Crippen MR) is 82.3 cm³/mol. The van der Waals surface area contributed by atoms with E-state index in [0.717, 1.165) is 35.7 Å². The molecule has 2 fully saturated rings. The van der Waals surface area contributed by atoms with Crippen molar-refractivity contribution in [1.29, 1.82) is 0 Å². The highest BCUT2D eigenvalue weighted by Gasteiger charge is 2.43. The largest absolute Gasteiger partial charge is 0.477 e. The number of hydrogen-bond acceptors (Lipinski definition) is 2. The molecule has 5 heteroatoms. The Balaban J connectivity index is 1.60. The van der Waals surface area contributed by atoms with Gasteiger partial charge in [0.15, 0.2) is 0 Å². The number of benzene rings is 1. The van der Waals surface area contributed by atoms with Crippen LogP contribution in [0, 0.1) is 5.92 Å². The lowest BCUT2D eigenvalue weighted by atomic mass is 10.1. The number of aromatic nitrogens is 1. The Labute approximate surface area is 127 Å². The molecule has 2 bridgehead atoms. The Bertz CT molecular complexity index is 805. The minimum absolute atomic E-state index is 0.183. The molecular weight excluding hydrogens is 280 g/mol. The van der Waals surface area contributed by atoms with Crippen LogP contribution in [-0.2, 0) is 4.79 Å². The molecule has 1 aliphatic carbocycles. The van der Waals surface area contributed by atoms with Gasteiger partial charge in [-0.25, -0.2) is 4.79 Å². The maximum Gasteiger partial charge on any atom is 0.352 e. The lowest BCUT2D eigenvalue weighted by Gasteiger charge is -2.23. The van der Waals surface area contributed by atoms with E-state index in [9.17, 15) is 9.59 Å². The molecule has 2 aliphatic rings. The molecule has 2 aromatic rings. The summed E-state index contributed by atoms with van der Waals surface area (Å²) in [6.45, 7) is 0. The molecule has 1 amide bonds. The number of carboxylic acids is 1. The van der Waals surface area contributed by atoms with Gasteiger partial charge < -0.3 is 15.0 Å². The Morgan fingerprint density at radius 2 is 2.18 bits per heavy atom. The summed E-state index contributed by atoms with van der Waals surface area (Å²) in [5.74, 6) is -0.504. The van der Waals surface area contributed by atoms with Crippen molar-refractivity contribution in [3.8, 4) is 0 Å². The molecule has 112 valence electrons. The summed E-state index contributed by atoms with van der Waals surface area (Å²) in [7, 11) is 0. The first kappa shape index (κ1) is 13.1. The van der Waals surface area contributed by atoms with Gasteiger partial charge in [0, 0.05) is 29.1 Å². The van der Waals surface area contributed by atoms with Gasteiger partial charge >= 0.3 is 5.97 Å². The van der Waals surface area contributed by atoms with Crippen molar-refractivity contribution in [3.63, 3.8) is 0 Å². The summed E-state index contributed by atoms with van der Waals surface area (Å²) in [6.07, 6.45) is 6.91. The van der Waals surface area contributed by atoms with Crippen molar-refractivity contribution in [1.82, 2.24) is 9.88 Å². The maximum absolute atomic E-state index is 12.1. The highest BCUT2D eigenvalue weighted by atomic mass is 16.4. The number of hydrogen-bond donors (Lipinski definition) is 2. The molecular formula is C17H16N2O3. The monoisotopic (exact) mass is 296 g/mol. The number of amides is 1. The average molecular weight is 296 g/mol. The molecule has 2 heterocycles. The van der Waals surface area contributed by atoms with Gasteiger partial charge in [-0.1, -0.05) is 6.07 Å². The quantitative estimate of drug-likeness (QED) is 0.914. The minimum Gasteiger partial charge on any atom is -0.477 e. The molecule has 0 spiro atoms. The zero-order valence-corrected chi connectivity index (χ0v) is 12.0. The third-order valence-corrected chi connectivity index (χ3v) is 4.70. The smallest absolute Gasteiger partial charge is 0.352 e. The number of H-pyrrole nitrogens is 1. The van der Waals surface area contributed by atoms with Crippen molar-refractivity contribution >= 4 is 28.9 Å². The van der Waals surface area contributed by atoms with Crippen LogP contribution >= 0.6 is 0 Å². The second-order valence-electron chi connectivity index (χ2n) is 6.06. The summed E-state index contributed by atoms with van der Waals surface area (Å²) < 4.78 is 0. The van der Waals surface area contributed by atoms with Crippen LogP contribution in [-0.4, -0.2) is 32.9 Å². The minimum atomic E-state index is -0.966. The van der Waals surface area contributed by atoms with Crippen LogP contribution in [0.4, 0.5) is 0 Å². The van der Waals surface area contributed by atoms with E-state index >= 15 is 0 Å². The zero-order valence-electron chi connectivity index (χ0n) is 12.0. The van der Waals surface area contributed by atoms with E-state index in [-0.39, 0.29) is 17.5 Å². The maximum atomic E-state index is 12.1. The van der Waals surface area contributed by atoms with Crippen LogP contribution in [0.15, 0.2) is 30.5 Å². The number of likely N-dealkylation sites (tertiary alicyclic amines) is 1. The van der Waals surface area contributed by atoms with Gasteiger partial charge in [0.1, 0.15) is 5.69 Å². The number of piperidine rings is 1. The highest BCUT2D eigenvalue weighted by molar-refractivity contribution is 5.94. The van der Waals surface area contributed by atoms with Gasteiger partial charge in [-0.3, -0.25) is 4.79 Å². The van der Waals surface area contributed by atoms with E-state index in [2.05, 4.69) is 4.98 Å². The van der Waals surface area contributed by atoms with E-state index < -0.39 is 5.97 Å². The van der Waals surface area contributed by atoms with Crippen molar-refractivity contribution in [3.05, 3.63) is 41.7 Å². The molecule has 2 N–H and O–H groups in total. The number of nitrogens with one attached hydrogen (secondary N) is 1. The Morgan fingerprint density at radius 3 is 2.91 bits per heavy atom. The van der Waals surface area contributed by atoms with Crippen LogP contribution in [0.2, 0.25) is 0 Å². The van der Waals surface area contributed by atoms with Crippen LogP contribution in [0.3, 0.4) is 0 Å². The number of fused-ring (bicyclic) bond motifs is 3. The molecule has 1 aromatic heterocycles. The summed E-state index contributed by atoms with van der Waals surface area (Å²) in [4.78, 5) is 27.8. The first-order valence-electron chi connectivity index (χ1n) is 7.48. The topological polar surface area (TPSA) is 73.4 Å². The van der Waals surface area contributed by atoms with E-state index in [1.165, 1.54) is 0 Å². The van der Waals surface area contributed by atoms with Crippen LogP contribution in [0.1, 0.15) is 35.3 Å². The van der Waals surface area contributed by atoms with Crippen molar-refractivity contribution in [2.75, 3.05) is 0 Å². The molecule has 4 rings (SSSR count). The molecule has 1 aliphatic heterocycles. The first-order chi connectivity index (χ1) is 10.6. The van der Waals surface area contributed by atoms with E-state index in [4.69, 9.17) is 5.11 Å². The number of aromatic amines is 1. The molecule has 1 saturated heterocycles. The Kier molecular flexibility index (Phi) is 2.82. The second kappa shape index (κ2) is 4.73. The average Bonchev–Trinajstić information content (AvgIpc) is 3.19. The number of carbonyl (C=O) groups is 2. The van der Waals surface area contributed by atoms with Crippen molar-refractivity contribution in [2.24, 2.45) is 5.92 Å². The normalized spacial score (nSPS) is 24.0. The zero-order chi connectivity index (χ0) is 15.3. The van der Waals surface area contributed by atoms with Crippen LogP contribution < -0.4 is 0 Å². The van der Waals surface area contributed by atoms with Crippen molar-refractivity contribution < 1.29 is 14.7 Å². The molecule has 0 radical (unpaired) electrons. The first-order valence-corrected chi connectivity index (χ1v) is 7.48. The highest BCUT2D eigenvalue weighted by Crippen LogP contribution is 2.38. The molecule has 2 atom stereocenters. The lowest BCUT2D eigenvalue weighted by Crippen LogP contribution is -2.32. The molecule has 1 saturated carbocycles. The Hall–Kier alpha value is -2.56. The molecule has 1 aromatic carbocycles. The fraction of sp³-hybridized carbons (Fsp3) is 0.294. The number of nitrogens with zero attached hydrogens (tertiary/aromatic N) is 1. The molecule has 0 unspecified atom stereocenters. The number of rotatable bonds is 3. The van der Waals surface area contributed by atoms with E-state index in [0.29, 0.717) is 6.04 Å². The van der Waals surface area contributed by atoms with Gasteiger partial charge in [-0.15, -0.1) is 0 Å². The third kappa shape index (κ3) is 2.01. The number of carboxylic acid groups (broad SMARTS) is 1. The fourth-order valence-corrected chi connectivity index (χ4v) is 3.56. The third-order valence-electron chi connectivity index (χ3n) is 4.70. The molecule has 5 nitrogen and oxygen atoms in total. The van der Waals surface area contributed by atoms with Gasteiger partial charge in [-0.2, -0.15) is 0 Å². The second-order valence-corrected chi connectivity index (χ2v) is 6.06. The summed E-state index contributed by atoms with van der Waals surface area (Å²) >= 11 is 0. The lowest BCUT2D eigenvalue weighted by molar-refractivity contribution is -0.131. The van der Waals surface area contributed by atoms with Crippen molar-refractivity contribution in [2.45, 2.75) is 25.3 Å².